The van der Waals surface area contributed by atoms with E-state index in [-0.39, 0.29) is 23.5 Å². The number of thioether (sulfide) groups is 1. The Hall–Kier alpha value is -1.53. The van der Waals surface area contributed by atoms with E-state index >= 15 is 0 Å². The van der Waals surface area contributed by atoms with E-state index in [1.165, 1.54) is 23.9 Å². The van der Waals surface area contributed by atoms with Gasteiger partial charge in [-0.05, 0) is 36.6 Å². The fourth-order valence-corrected chi connectivity index (χ4v) is 3.24. The van der Waals surface area contributed by atoms with Gasteiger partial charge in [-0.25, -0.2) is 4.39 Å². The number of thiophene rings is 1. The highest BCUT2D eigenvalue weighted by atomic mass is 32.2. The molecule has 106 valence electrons. The van der Waals surface area contributed by atoms with Crippen LogP contribution in [0, 0.1) is 5.82 Å². The van der Waals surface area contributed by atoms with Crippen LogP contribution >= 0.6 is 23.1 Å². The van der Waals surface area contributed by atoms with Gasteiger partial charge >= 0.3 is 0 Å². The average Bonchev–Trinajstić information content (AvgIpc) is 2.89. The smallest absolute Gasteiger partial charge is 0.230 e. The highest BCUT2D eigenvalue weighted by molar-refractivity contribution is 8.00. The monoisotopic (exact) mass is 310 g/mol. The minimum absolute atomic E-state index is 0.0133. The van der Waals surface area contributed by atoms with E-state index in [1.54, 1.807) is 17.4 Å². The van der Waals surface area contributed by atoms with Crippen molar-refractivity contribution in [2.24, 2.45) is 0 Å². The lowest BCUT2D eigenvalue weighted by molar-refractivity contribution is -0.119. The molecule has 6 heteroatoms. The Morgan fingerprint density at radius 2 is 2.30 bits per heavy atom. The predicted octanol–water partition coefficient (Wildman–Crippen LogP) is 3.44. The summed E-state index contributed by atoms with van der Waals surface area (Å²) in [5.41, 5.74) is 5.92. The molecule has 2 rings (SSSR count). The molecule has 0 radical (unpaired) electrons. The van der Waals surface area contributed by atoms with E-state index in [1.807, 2.05) is 24.4 Å². The van der Waals surface area contributed by atoms with Gasteiger partial charge in [0.2, 0.25) is 5.91 Å². The predicted molar refractivity (Wildman–Crippen MR) is 82.4 cm³/mol. The van der Waals surface area contributed by atoms with Gasteiger partial charge in [-0.15, -0.1) is 23.1 Å². The second kappa shape index (κ2) is 6.76. The Morgan fingerprint density at radius 1 is 1.50 bits per heavy atom. The van der Waals surface area contributed by atoms with Crippen LogP contribution < -0.4 is 11.1 Å². The number of benzene rings is 1. The molecule has 3 N–H and O–H groups in total. The van der Waals surface area contributed by atoms with Gasteiger partial charge in [0.15, 0.2) is 0 Å². The molecule has 1 atom stereocenters. The van der Waals surface area contributed by atoms with Crippen LogP contribution in [-0.2, 0) is 4.79 Å². The number of nitrogens with one attached hydrogen (secondary N) is 1. The summed E-state index contributed by atoms with van der Waals surface area (Å²) in [4.78, 5) is 13.6. The fourth-order valence-electron chi connectivity index (χ4n) is 1.71. The van der Waals surface area contributed by atoms with Crippen molar-refractivity contribution in [1.29, 1.82) is 0 Å². The van der Waals surface area contributed by atoms with Gasteiger partial charge in [0.25, 0.3) is 0 Å². The van der Waals surface area contributed by atoms with Crippen LogP contribution in [0.4, 0.5) is 10.1 Å². The molecule has 1 aromatic carbocycles. The quantitative estimate of drug-likeness (QED) is 0.657. The van der Waals surface area contributed by atoms with Crippen LogP contribution in [-0.4, -0.2) is 11.7 Å². The van der Waals surface area contributed by atoms with E-state index in [9.17, 15) is 9.18 Å². The summed E-state index contributed by atoms with van der Waals surface area (Å²) < 4.78 is 13.2. The maximum atomic E-state index is 13.2. The first-order chi connectivity index (χ1) is 9.54. The highest BCUT2D eigenvalue weighted by Crippen LogP contribution is 2.23. The lowest BCUT2D eigenvalue weighted by Gasteiger charge is -2.12. The third-order valence-electron chi connectivity index (χ3n) is 2.61. The number of halogens is 1. The summed E-state index contributed by atoms with van der Waals surface area (Å²) in [6, 6.07) is 8.20. The maximum Gasteiger partial charge on any atom is 0.230 e. The number of anilines is 1. The third-order valence-corrected chi connectivity index (χ3v) is 4.64. The van der Waals surface area contributed by atoms with Crippen molar-refractivity contribution in [3.8, 4) is 0 Å². The second-order valence-corrected chi connectivity index (χ2v) is 6.34. The molecule has 0 spiro atoms. The van der Waals surface area contributed by atoms with Crippen molar-refractivity contribution in [2.75, 3.05) is 11.5 Å². The summed E-state index contributed by atoms with van der Waals surface area (Å²) in [6.07, 6.45) is 0. The summed E-state index contributed by atoms with van der Waals surface area (Å²) >= 11 is 2.87. The molecule has 0 aliphatic heterocycles. The molecule has 0 saturated heterocycles. The zero-order valence-corrected chi connectivity index (χ0v) is 12.6. The number of carbonyl (C=O) groups is 1. The molecule has 1 amide bonds. The van der Waals surface area contributed by atoms with Crippen molar-refractivity contribution < 1.29 is 9.18 Å². The van der Waals surface area contributed by atoms with Crippen LogP contribution in [0.15, 0.2) is 40.6 Å². The van der Waals surface area contributed by atoms with E-state index in [2.05, 4.69) is 5.32 Å². The van der Waals surface area contributed by atoms with Gasteiger partial charge in [0, 0.05) is 15.5 Å². The number of rotatable bonds is 5. The summed E-state index contributed by atoms with van der Waals surface area (Å²) in [6.45, 7) is 1.94. The Balaban J connectivity index is 1.86. The lowest BCUT2D eigenvalue weighted by atomic mass is 10.3. The Morgan fingerprint density at radius 3 is 2.95 bits per heavy atom. The molecule has 1 heterocycles. The molecule has 20 heavy (non-hydrogen) atoms. The fraction of sp³-hybridized carbons (Fsp3) is 0.214. The molecule has 3 nitrogen and oxygen atoms in total. The van der Waals surface area contributed by atoms with Crippen molar-refractivity contribution in [1.82, 2.24) is 5.32 Å². The SMILES string of the molecule is CC(NC(=O)CSc1cc(N)cc(F)c1)c1cccs1. The number of nitrogen functional groups attached to an aromatic ring is 1. The number of amides is 1. The topological polar surface area (TPSA) is 55.1 Å². The molecule has 0 aliphatic carbocycles. The molecule has 0 fully saturated rings. The Kier molecular flexibility index (Phi) is 5.03. The molecule has 1 aromatic heterocycles. The van der Waals surface area contributed by atoms with E-state index in [0.717, 1.165) is 4.88 Å². The largest absolute Gasteiger partial charge is 0.399 e. The first kappa shape index (κ1) is 14.9. The van der Waals surface area contributed by atoms with Gasteiger partial charge in [0.05, 0.1) is 11.8 Å². The van der Waals surface area contributed by atoms with Crippen molar-refractivity contribution in [3.05, 3.63) is 46.4 Å². The zero-order chi connectivity index (χ0) is 14.5. The number of hydrogen-bond donors (Lipinski definition) is 2. The second-order valence-electron chi connectivity index (χ2n) is 4.31. The molecular formula is C14H15FN2OS2. The minimum atomic E-state index is -0.389. The van der Waals surface area contributed by atoms with Gasteiger partial charge in [-0.2, -0.15) is 0 Å². The standard InChI is InChI=1S/C14H15FN2OS2/c1-9(13-3-2-4-19-13)17-14(18)8-20-12-6-10(15)5-11(16)7-12/h2-7,9H,8,16H2,1H3,(H,17,18). The van der Waals surface area contributed by atoms with Crippen LogP contribution in [0.1, 0.15) is 17.8 Å². The average molecular weight is 310 g/mol. The molecule has 0 aliphatic rings. The normalized spacial score (nSPS) is 12.1. The van der Waals surface area contributed by atoms with Crippen molar-refractivity contribution in [2.45, 2.75) is 17.9 Å². The first-order valence-corrected chi connectivity index (χ1v) is 7.93. The molecule has 0 saturated carbocycles. The van der Waals surface area contributed by atoms with Crippen molar-refractivity contribution in [3.63, 3.8) is 0 Å². The summed E-state index contributed by atoms with van der Waals surface area (Å²) in [7, 11) is 0. The number of nitrogens with two attached hydrogens (primary N) is 1. The molecule has 1 unspecified atom stereocenters. The van der Waals surface area contributed by atoms with E-state index in [0.29, 0.717) is 10.6 Å². The number of hydrogen-bond acceptors (Lipinski definition) is 4. The first-order valence-electron chi connectivity index (χ1n) is 6.06. The molecular weight excluding hydrogens is 295 g/mol. The van der Waals surface area contributed by atoms with Gasteiger partial charge < -0.3 is 11.1 Å². The third kappa shape index (κ3) is 4.25. The number of carbonyl (C=O) groups excluding carboxylic acids is 1. The lowest BCUT2D eigenvalue weighted by Crippen LogP contribution is -2.27. The van der Waals surface area contributed by atoms with E-state index < -0.39 is 0 Å². The Bertz CT molecular complexity index is 567. The molecule has 2 aromatic rings. The van der Waals surface area contributed by atoms with Gasteiger partial charge in [-0.3, -0.25) is 4.79 Å². The highest BCUT2D eigenvalue weighted by Gasteiger charge is 2.11. The summed E-state index contributed by atoms with van der Waals surface area (Å²) in [5.74, 6) is -0.239. The minimum Gasteiger partial charge on any atom is -0.399 e. The Labute approximate surface area is 125 Å². The van der Waals surface area contributed by atoms with Crippen LogP contribution in [0.2, 0.25) is 0 Å². The van der Waals surface area contributed by atoms with Crippen LogP contribution in [0.3, 0.4) is 0 Å². The zero-order valence-electron chi connectivity index (χ0n) is 10.9. The van der Waals surface area contributed by atoms with E-state index in [4.69, 9.17) is 5.73 Å². The molecule has 0 bridgehead atoms. The van der Waals surface area contributed by atoms with Crippen molar-refractivity contribution >= 4 is 34.7 Å². The van der Waals surface area contributed by atoms with Crippen LogP contribution in [0.5, 0.6) is 0 Å². The summed E-state index contributed by atoms with van der Waals surface area (Å²) in [5, 5.41) is 4.88. The van der Waals surface area contributed by atoms with Gasteiger partial charge in [0.1, 0.15) is 5.82 Å². The van der Waals surface area contributed by atoms with Crippen LogP contribution in [0.25, 0.3) is 0 Å². The van der Waals surface area contributed by atoms with Gasteiger partial charge in [-0.1, -0.05) is 6.07 Å². The maximum absolute atomic E-state index is 13.2.